The maximum absolute atomic E-state index is 12.0. The van der Waals surface area contributed by atoms with E-state index in [1.54, 1.807) is 26.3 Å². The van der Waals surface area contributed by atoms with Crippen LogP contribution >= 0.6 is 0 Å². The Labute approximate surface area is 131 Å². The van der Waals surface area contributed by atoms with E-state index in [0.717, 1.165) is 12.0 Å². The number of aromatic nitrogens is 1. The highest BCUT2D eigenvalue weighted by molar-refractivity contribution is 5.75. The highest BCUT2D eigenvalue weighted by atomic mass is 16.5. The summed E-state index contributed by atoms with van der Waals surface area (Å²) in [5.41, 5.74) is 0.841. The number of carbonyl (C=O) groups excluding carboxylic acids is 1. The summed E-state index contributed by atoms with van der Waals surface area (Å²) in [6, 6.07) is 5.02. The van der Waals surface area contributed by atoms with E-state index in [1.807, 2.05) is 13.0 Å². The molecule has 1 N–H and O–H groups in total. The maximum atomic E-state index is 12.0. The predicted octanol–water partition coefficient (Wildman–Crippen LogP) is 2.37. The zero-order chi connectivity index (χ0) is 16.4. The molecule has 0 bridgehead atoms. The SMILES string of the molecule is CCCC(NC(CC#N)c1ccc(OC)nc1)C(=O)OCC. The molecule has 0 aromatic carbocycles. The first-order valence-electron chi connectivity index (χ1n) is 7.45. The average molecular weight is 305 g/mol. The fraction of sp³-hybridized carbons (Fsp3) is 0.562. The van der Waals surface area contributed by atoms with Gasteiger partial charge in [-0.25, -0.2) is 4.98 Å². The van der Waals surface area contributed by atoms with Gasteiger partial charge < -0.3 is 9.47 Å². The number of hydrogen-bond donors (Lipinski definition) is 1. The van der Waals surface area contributed by atoms with E-state index in [9.17, 15) is 4.79 Å². The quantitative estimate of drug-likeness (QED) is 0.705. The van der Waals surface area contributed by atoms with Gasteiger partial charge in [0, 0.05) is 18.3 Å². The Morgan fingerprint density at radius 2 is 2.23 bits per heavy atom. The topological polar surface area (TPSA) is 84.2 Å². The number of esters is 1. The standard InChI is InChI=1S/C16H23N3O3/c1-4-6-14(16(20)22-5-2)19-13(9-10-17)12-7-8-15(21-3)18-11-12/h7-8,11,13-14,19H,4-6,9H2,1-3H3. The van der Waals surface area contributed by atoms with Gasteiger partial charge in [0.2, 0.25) is 5.88 Å². The molecule has 0 aliphatic heterocycles. The Hall–Kier alpha value is -2.13. The van der Waals surface area contributed by atoms with E-state index in [-0.39, 0.29) is 18.4 Å². The predicted molar refractivity (Wildman–Crippen MR) is 82.2 cm³/mol. The molecule has 22 heavy (non-hydrogen) atoms. The lowest BCUT2D eigenvalue weighted by Crippen LogP contribution is -2.40. The molecule has 0 fully saturated rings. The first-order valence-corrected chi connectivity index (χ1v) is 7.45. The molecule has 0 radical (unpaired) electrons. The smallest absolute Gasteiger partial charge is 0.323 e. The van der Waals surface area contributed by atoms with Crippen molar-refractivity contribution < 1.29 is 14.3 Å². The van der Waals surface area contributed by atoms with Crippen LogP contribution in [0.15, 0.2) is 18.3 Å². The number of rotatable bonds is 9. The fourth-order valence-corrected chi connectivity index (χ4v) is 2.13. The van der Waals surface area contributed by atoms with Crippen molar-refractivity contribution in [3.8, 4) is 11.9 Å². The largest absolute Gasteiger partial charge is 0.481 e. The van der Waals surface area contributed by atoms with E-state index in [4.69, 9.17) is 14.7 Å². The van der Waals surface area contributed by atoms with Crippen LogP contribution in [-0.4, -0.2) is 30.7 Å². The Morgan fingerprint density at radius 3 is 2.73 bits per heavy atom. The van der Waals surface area contributed by atoms with E-state index in [1.165, 1.54) is 0 Å². The van der Waals surface area contributed by atoms with Gasteiger partial charge in [0.05, 0.1) is 26.2 Å². The van der Waals surface area contributed by atoms with Crippen molar-refractivity contribution in [3.63, 3.8) is 0 Å². The first kappa shape index (κ1) is 17.9. The molecule has 1 aromatic rings. The Bertz CT molecular complexity index is 496. The number of ether oxygens (including phenoxy) is 2. The molecule has 0 spiro atoms. The van der Waals surface area contributed by atoms with E-state index in [0.29, 0.717) is 18.9 Å². The maximum Gasteiger partial charge on any atom is 0.323 e. The van der Waals surface area contributed by atoms with Gasteiger partial charge in [0.15, 0.2) is 0 Å². The molecule has 120 valence electrons. The van der Waals surface area contributed by atoms with Gasteiger partial charge >= 0.3 is 5.97 Å². The molecule has 1 rings (SSSR count). The molecule has 2 atom stereocenters. The first-order chi connectivity index (χ1) is 10.7. The van der Waals surface area contributed by atoms with Gasteiger partial charge in [-0.15, -0.1) is 0 Å². The second kappa shape index (κ2) is 9.74. The number of methoxy groups -OCH3 is 1. The van der Waals surface area contributed by atoms with E-state index < -0.39 is 6.04 Å². The van der Waals surface area contributed by atoms with Crippen molar-refractivity contribution in [1.29, 1.82) is 5.26 Å². The van der Waals surface area contributed by atoms with Crippen LogP contribution in [0.3, 0.4) is 0 Å². The van der Waals surface area contributed by atoms with Crippen LogP contribution in [0.1, 0.15) is 44.7 Å². The molecule has 0 saturated carbocycles. The molecule has 6 heteroatoms. The lowest BCUT2D eigenvalue weighted by atomic mass is 10.0. The van der Waals surface area contributed by atoms with Crippen LogP contribution in [-0.2, 0) is 9.53 Å². The number of nitriles is 1. The third kappa shape index (κ3) is 5.34. The van der Waals surface area contributed by atoms with Crippen LogP contribution in [0.25, 0.3) is 0 Å². The molecule has 0 saturated heterocycles. The van der Waals surface area contributed by atoms with Crippen LogP contribution in [0, 0.1) is 11.3 Å². The van der Waals surface area contributed by atoms with Gasteiger partial charge in [-0.3, -0.25) is 10.1 Å². The highest BCUT2D eigenvalue weighted by Gasteiger charge is 2.23. The second-order valence-electron chi connectivity index (χ2n) is 4.81. The van der Waals surface area contributed by atoms with Crippen LogP contribution < -0.4 is 10.1 Å². The molecule has 0 aliphatic carbocycles. The Balaban J connectivity index is 2.87. The molecule has 1 aromatic heterocycles. The molecule has 2 unspecified atom stereocenters. The highest BCUT2D eigenvalue weighted by Crippen LogP contribution is 2.19. The molecule has 0 aliphatic rings. The van der Waals surface area contributed by atoms with Crippen molar-refractivity contribution in [2.45, 2.75) is 45.2 Å². The molecular formula is C16H23N3O3. The van der Waals surface area contributed by atoms with Crippen LogP contribution in [0.2, 0.25) is 0 Å². The van der Waals surface area contributed by atoms with E-state index >= 15 is 0 Å². The summed E-state index contributed by atoms with van der Waals surface area (Å²) in [5, 5.41) is 12.2. The summed E-state index contributed by atoms with van der Waals surface area (Å²) < 4.78 is 10.1. The van der Waals surface area contributed by atoms with Crippen molar-refractivity contribution >= 4 is 5.97 Å². The summed E-state index contributed by atoms with van der Waals surface area (Å²) in [5.74, 6) is 0.226. The van der Waals surface area contributed by atoms with Crippen molar-refractivity contribution in [2.75, 3.05) is 13.7 Å². The monoisotopic (exact) mass is 305 g/mol. The molecule has 1 heterocycles. The third-order valence-electron chi connectivity index (χ3n) is 3.22. The summed E-state index contributed by atoms with van der Waals surface area (Å²) in [7, 11) is 1.55. The van der Waals surface area contributed by atoms with Crippen LogP contribution in [0.4, 0.5) is 0 Å². The minimum atomic E-state index is -0.426. The number of nitrogens with zero attached hydrogens (tertiary/aromatic N) is 2. The van der Waals surface area contributed by atoms with Crippen molar-refractivity contribution in [2.24, 2.45) is 0 Å². The number of nitrogens with one attached hydrogen (secondary N) is 1. The fourth-order valence-electron chi connectivity index (χ4n) is 2.13. The van der Waals surface area contributed by atoms with Gasteiger partial charge in [-0.1, -0.05) is 19.4 Å². The van der Waals surface area contributed by atoms with Gasteiger partial charge in [-0.05, 0) is 18.9 Å². The molecular weight excluding hydrogens is 282 g/mol. The Kier molecular flexibility index (Phi) is 7.94. The minimum Gasteiger partial charge on any atom is -0.481 e. The second-order valence-corrected chi connectivity index (χ2v) is 4.81. The summed E-state index contributed by atoms with van der Waals surface area (Å²) in [4.78, 5) is 16.1. The lowest BCUT2D eigenvalue weighted by molar-refractivity contribution is -0.146. The van der Waals surface area contributed by atoms with Crippen LogP contribution in [0.5, 0.6) is 5.88 Å². The Morgan fingerprint density at radius 1 is 1.45 bits per heavy atom. The third-order valence-corrected chi connectivity index (χ3v) is 3.22. The summed E-state index contributed by atoms with van der Waals surface area (Å²) in [6.07, 6.45) is 3.40. The minimum absolute atomic E-state index is 0.244. The average Bonchev–Trinajstić information content (AvgIpc) is 2.54. The van der Waals surface area contributed by atoms with Gasteiger partial charge in [0.1, 0.15) is 6.04 Å². The van der Waals surface area contributed by atoms with E-state index in [2.05, 4.69) is 16.4 Å². The number of hydrogen-bond acceptors (Lipinski definition) is 6. The molecule has 0 amide bonds. The zero-order valence-corrected chi connectivity index (χ0v) is 13.3. The lowest BCUT2D eigenvalue weighted by Gasteiger charge is -2.23. The van der Waals surface area contributed by atoms with Gasteiger partial charge in [0.25, 0.3) is 0 Å². The zero-order valence-electron chi connectivity index (χ0n) is 13.3. The van der Waals surface area contributed by atoms with Crippen molar-refractivity contribution in [1.82, 2.24) is 10.3 Å². The number of pyridine rings is 1. The molecule has 6 nitrogen and oxygen atoms in total. The summed E-state index contributed by atoms with van der Waals surface area (Å²) in [6.45, 7) is 4.12. The summed E-state index contributed by atoms with van der Waals surface area (Å²) >= 11 is 0. The van der Waals surface area contributed by atoms with Crippen molar-refractivity contribution in [3.05, 3.63) is 23.9 Å². The number of carbonyl (C=O) groups is 1. The normalized spacial score (nSPS) is 13.0. The van der Waals surface area contributed by atoms with Gasteiger partial charge in [-0.2, -0.15) is 5.26 Å².